The number of nitrogens with two attached hydrogens (primary N) is 1. The Morgan fingerprint density at radius 3 is 2.49 bits per heavy atom. The van der Waals surface area contributed by atoms with Gasteiger partial charge in [-0.1, -0.05) is 0 Å². The van der Waals surface area contributed by atoms with Gasteiger partial charge in [0.2, 0.25) is 11.5 Å². The summed E-state index contributed by atoms with van der Waals surface area (Å²) in [4.78, 5) is 38.5. The van der Waals surface area contributed by atoms with Crippen molar-refractivity contribution in [2.75, 3.05) is 36.1 Å². The standard InChI is InChI=1S/C24H25F4N7O2/c1-12-10-35(11-13(2)34(12)3)20-8-17(25)14(18-4-5-30-23(29)33-18)6-19(20)32-22(37)15-9-31-21(36)7-16(15)24(26,27)28/h4-9,12-13H,10-11H2,1-3H3,(H,31,36)(H,32,37)(H2,29,30,33)/t12-,13+. The Labute approximate surface area is 209 Å². The zero-order valence-electron chi connectivity index (χ0n) is 20.2. The molecule has 9 nitrogen and oxygen atoms in total. The highest BCUT2D eigenvalue weighted by Gasteiger charge is 2.36. The lowest BCUT2D eigenvalue weighted by Gasteiger charge is -2.44. The van der Waals surface area contributed by atoms with E-state index in [-0.39, 0.29) is 35.0 Å². The number of anilines is 3. The van der Waals surface area contributed by atoms with Gasteiger partial charge >= 0.3 is 6.18 Å². The Morgan fingerprint density at radius 1 is 1.19 bits per heavy atom. The fraction of sp³-hybridized carbons (Fsp3) is 0.333. The Bertz CT molecular complexity index is 1380. The number of carbonyl (C=O) groups is 1. The highest BCUT2D eigenvalue weighted by atomic mass is 19.4. The highest BCUT2D eigenvalue weighted by molar-refractivity contribution is 6.07. The lowest BCUT2D eigenvalue weighted by molar-refractivity contribution is -0.138. The van der Waals surface area contributed by atoms with E-state index in [1.807, 2.05) is 25.8 Å². The second kappa shape index (κ2) is 9.81. The molecule has 37 heavy (non-hydrogen) atoms. The summed E-state index contributed by atoms with van der Waals surface area (Å²) in [5.74, 6) is -1.89. The van der Waals surface area contributed by atoms with E-state index in [0.717, 1.165) is 0 Å². The number of hydrogen-bond acceptors (Lipinski definition) is 7. The monoisotopic (exact) mass is 519 g/mol. The Morgan fingerprint density at radius 2 is 1.86 bits per heavy atom. The maximum atomic E-state index is 15.4. The van der Waals surface area contributed by atoms with Crippen LogP contribution in [0.15, 0.2) is 41.5 Å². The van der Waals surface area contributed by atoms with Crippen LogP contribution in [0.4, 0.5) is 34.9 Å². The molecule has 0 aliphatic carbocycles. The first-order valence-corrected chi connectivity index (χ1v) is 11.4. The normalized spacial score (nSPS) is 18.6. The van der Waals surface area contributed by atoms with Crippen molar-refractivity contribution < 1.29 is 22.4 Å². The fourth-order valence-electron chi connectivity index (χ4n) is 4.33. The summed E-state index contributed by atoms with van der Waals surface area (Å²) in [5.41, 5.74) is 2.93. The fourth-order valence-corrected chi connectivity index (χ4v) is 4.33. The average Bonchev–Trinajstić information content (AvgIpc) is 2.82. The number of nitrogens with zero attached hydrogens (tertiary/aromatic N) is 4. The van der Waals surface area contributed by atoms with Crippen molar-refractivity contribution in [3.63, 3.8) is 0 Å². The molecule has 2 aromatic heterocycles. The van der Waals surface area contributed by atoms with Crippen molar-refractivity contribution in [3.05, 3.63) is 64.0 Å². The van der Waals surface area contributed by atoms with Gasteiger partial charge < -0.3 is 20.9 Å². The lowest BCUT2D eigenvalue weighted by Crippen LogP contribution is -2.55. The van der Waals surface area contributed by atoms with E-state index in [9.17, 15) is 22.8 Å². The minimum Gasteiger partial charge on any atom is -0.368 e. The number of carbonyl (C=O) groups excluding carboxylic acids is 1. The van der Waals surface area contributed by atoms with Crippen molar-refractivity contribution in [1.82, 2.24) is 19.9 Å². The van der Waals surface area contributed by atoms with Crippen LogP contribution in [0.2, 0.25) is 0 Å². The van der Waals surface area contributed by atoms with Gasteiger partial charge in [0, 0.05) is 49.2 Å². The highest BCUT2D eigenvalue weighted by Crippen LogP contribution is 2.37. The number of pyridine rings is 1. The number of nitrogen functional groups attached to an aromatic ring is 1. The van der Waals surface area contributed by atoms with Crippen LogP contribution < -0.4 is 21.5 Å². The number of rotatable bonds is 4. The number of H-pyrrole nitrogens is 1. The molecule has 0 saturated carbocycles. The molecule has 1 amide bonds. The topological polar surface area (TPSA) is 120 Å². The summed E-state index contributed by atoms with van der Waals surface area (Å²) in [7, 11) is 1.97. The van der Waals surface area contributed by atoms with Crippen LogP contribution in [0.1, 0.15) is 29.8 Å². The quantitative estimate of drug-likeness (QED) is 0.452. The smallest absolute Gasteiger partial charge is 0.368 e. The Balaban J connectivity index is 1.82. The number of alkyl halides is 3. The molecule has 4 N–H and O–H groups in total. The molecule has 4 rings (SSSR count). The molecule has 13 heteroatoms. The van der Waals surface area contributed by atoms with Gasteiger partial charge in [0.25, 0.3) is 5.91 Å². The maximum absolute atomic E-state index is 15.4. The molecule has 1 fully saturated rings. The van der Waals surface area contributed by atoms with Crippen molar-refractivity contribution in [2.45, 2.75) is 32.1 Å². The van der Waals surface area contributed by atoms with Crippen molar-refractivity contribution >= 4 is 23.2 Å². The third-order valence-corrected chi connectivity index (χ3v) is 6.46. The van der Waals surface area contributed by atoms with Crippen molar-refractivity contribution in [2.24, 2.45) is 0 Å². The van der Waals surface area contributed by atoms with Crippen LogP contribution in [-0.2, 0) is 6.18 Å². The third-order valence-electron chi connectivity index (χ3n) is 6.46. The average molecular weight is 520 g/mol. The van der Waals surface area contributed by atoms with E-state index in [1.54, 1.807) is 0 Å². The molecule has 1 aliphatic rings. The predicted octanol–water partition coefficient (Wildman–Crippen LogP) is 3.35. The summed E-state index contributed by atoms with van der Waals surface area (Å²) in [6.45, 7) is 4.95. The second-order valence-electron chi connectivity index (χ2n) is 8.99. The van der Waals surface area contributed by atoms with Gasteiger partial charge in [-0.3, -0.25) is 14.5 Å². The van der Waals surface area contributed by atoms with E-state index in [1.165, 1.54) is 24.4 Å². The number of nitrogens with one attached hydrogen (secondary N) is 2. The van der Waals surface area contributed by atoms with Crippen LogP contribution in [0.5, 0.6) is 0 Å². The molecule has 1 saturated heterocycles. The van der Waals surface area contributed by atoms with E-state index in [2.05, 4.69) is 25.2 Å². The van der Waals surface area contributed by atoms with Crippen LogP contribution in [-0.4, -0.2) is 58.0 Å². The molecule has 0 bridgehead atoms. The summed E-state index contributed by atoms with van der Waals surface area (Å²) in [6.07, 6.45) is -2.91. The molecular weight excluding hydrogens is 494 g/mol. The Kier molecular flexibility index (Phi) is 6.91. The molecule has 0 spiro atoms. The number of likely N-dealkylation sites (N-methyl/N-ethyl adjacent to an activating group) is 1. The molecular formula is C24H25F4N7O2. The van der Waals surface area contributed by atoms with Crippen LogP contribution >= 0.6 is 0 Å². The molecule has 0 unspecified atom stereocenters. The number of aromatic amines is 1. The van der Waals surface area contributed by atoms with Gasteiger partial charge in [-0.25, -0.2) is 14.4 Å². The molecule has 0 radical (unpaired) electrons. The van der Waals surface area contributed by atoms with Gasteiger partial charge in [-0.15, -0.1) is 0 Å². The molecule has 2 atom stereocenters. The molecule has 1 aromatic carbocycles. The number of benzene rings is 1. The van der Waals surface area contributed by atoms with Crippen LogP contribution in [0, 0.1) is 5.82 Å². The number of amides is 1. The van der Waals surface area contributed by atoms with E-state index < -0.39 is 34.6 Å². The summed E-state index contributed by atoms with van der Waals surface area (Å²) >= 11 is 0. The molecule has 3 heterocycles. The summed E-state index contributed by atoms with van der Waals surface area (Å²) < 4.78 is 56.1. The summed E-state index contributed by atoms with van der Waals surface area (Å²) in [6, 6.07) is 4.41. The van der Waals surface area contributed by atoms with E-state index in [0.29, 0.717) is 31.0 Å². The first-order chi connectivity index (χ1) is 17.3. The van der Waals surface area contributed by atoms with Crippen molar-refractivity contribution in [1.29, 1.82) is 0 Å². The summed E-state index contributed by atoms with van der Waals surface area (Å²) in [5, 5.41) is 2.49. The van der Waals surface area contributed by atoms with Crippen LogP contribution in [0.25, 0.3) is 11.3 Å². The van der Waals surface area contributed by atoms with E-state index >= 15 is 4.39 Å². The van der Waals surface area contributed by atoms with E-state index in [4.69, 9.17) is 5.73 Å². The Hall–Kier alpha value is -4.00. The number of piperazine rings is 1. The molecule has 1 aliphatic heterocycles. The lowest BCUT2D eigenvalue weighted by atomic mass is 10.0. The van der Waals surface area contributed by atoms with Crippen molar-refractivity contribution in [3.8, 4) is 11.3 Å². The molecule has 196 valence electrons. The minimum absolute atomic E-state index is 0.0270. The number of hydrogen-bond donors (Lipinski definition) is 3. The van der Waals surface area contributed by atoms with Gasteiger partial charge in [0.15, 0.2) is 0 Å². The first kappa shape index (κ1) is 26.1. The zero-order chi connectivity index (χ0) is 27.1. The SMILES string of the molecule is C[C@@H]1CN(c2cc(F)c(-c3ccnc(N)n3)cc2NC(=O)c2c[nH]c(=O)cc2C(F)(F)F)C[C@H](C)N1C. The first-order valence-electron chi connectivity index (χ1n) is 11.4. The maximum Gasteiger partial charge on any atom is 0.417 e. The third kappa shape index (κ3) is 5.40. The largest absolute Gasteiger partial charge is 0.417 e. The number of aromatic nitrogens is 3. The van der Waals surface area contributed by atoms with Gasteiger partial charge in [0.1, 0.15) is 5.82 Å². The van der Waals surface area contributed by atoms with Gasteiger partial charge in [0.05, 0.1) is 28.2 Å². The van der Waals surface area contributed by atoms with Gasteiger partial charge in [-0.05, 0) is 39.1 Å². The number of halogens is 4. The predicted molar refractivity (Wildman–Crippen MR) is 131 cm³/mol. The van der Waals surface area contributed by atoms with Gasteiger partial charge in [-0.2, -0.15) is 13.2 Å². The second-order valence-corrected chi connectivity index (χ2v) is 8.99. The zero-order valence-corrected chi connectivity index (χ0v) is 20.2. The van der Waals surface area contributed by atoms with Crippen LogP contribution in [0.3, 0.4) is 0 Å². The minimum atomic E-state index is -4.95. The molecule has 3 aromatic rings.